The Morgan fingerprint density at radius 2 is 1.57 bits per heavy atom. The van der Waals surface area contributed by atoms with Gasteiger partial charge in [0.1, 0.15) is 5.82 Å². The van der Waals surface area contributed by atoms with Gasteiger partial charge in [0.25, 0.3) is 0 Å². The normalized spacial score (nSPS) is 20.4. The molecule has 6 rings (SSSR count). The molecule has 0 radical (unpaired) electrons. The highest BCUT2D eigenvalue weighted by molar-refractivity contribution is 5.80. The predicted octanol–water partition coefficient (Wildman–Crippen LogP) is 5.06. The van der Waals surface area contributed by atoms with Crippen LogP contribution in [0.25, 0.3) is 0 Å². The molecule has 1 heterocycles. The fourth-order valence-electron chi connectivity index (χ4n) is 6.88. The highest BCUT2D eigenvalue weighted by Gasteiger charge is 2.39. The molecule has 1 aliphatic carbocycles. The maximum atomic E-state index is 13.9. The molecule has 0 aromatic heterocycles. The molecule has 5 atom stereocenters. The molecule has 0 saturated carbocycles. The van der Waals surface area contributed by atoms with Crippen LogP contribution in [0, 0.1) is 11.7 Å². The van der Waals surface area contributed by atoms with Crippen LogP contribution in [-0.2, 0) is 30.6 Å². The van der Waals surface area contributed by atoms with E-state index in [0.29, 0.717) is 31.4 Å². The minimum atomic E-state index is -0.975. The van der Waals surface area contributed by atoms with E-state index in [1.165, 1.54) is 12.1 Å². The molecule has 7 nitrogen and oxygen atoms in total. The van der Waals surface area contributed by atoms with E-state index in [-0.39, 0.29) is 43.3 Å². The number of carbonyl (C=O) groups excluding carboxylic acids is 2. The Hall–Kier alpha value is -4.53. The highest BCUT2D eigenvalue weighted by Crippen LogP contribution is 2.32. The minimum absolute atomic E-state index is 0.0590. The fourth-order valence-corrected chi connectivity index (χ4v) is 6.88. The van der Waals surface area contributed by atoms with Crippen molar-refractivity contribution < 1.29 is 24.2 Å². The lowest BCUT2D eigenvalue weighted by molar-refractivity contribution is -0.127. The first kappa shape index (κ1) is 31.5. The zero-order chi connectivity index (χ0) is 32.0. The molecule has 3 amide bonds. The molecule has 1 saturated heterocycles. The van der Waals surface area contributed by atoms with Crippen LogP contribution in [0.5, 0.6) is 0 Å². The lowest BCUT2D eigenvalue weighted by atomic mass is 9.91. The second-order valence-corrected chi connectivity index (χ2v) is 12.5. The highest BCUT2D eigenvalue weighted by atomic mass is 19.1. The van der Waals surface area contributed by atoms with Crippen LogP contribution in [0.4, 0.5) is 9.18 Å². The van der Waals surface area contributed by atoms with Gasteiger partial charge in [-0.15, -0.1) is 0 Å². The average molecular weight is 622 g/mol. The number of carbonyl (C=O) groups is 2. The van der Waals surface area contributed by atoms with E-state index in [9.17, 15) is 24.2 Å². The van der Waals surface area contributed by atoms with Gasteiger partial charge in [-0.1, -0.05) is 97.1 Å². The van der Waals surface area contributed by atoms with Crippen LogP contribution in [0.3, 0.4) is 0 Å². The second kappa shape index (κ2) is 14.3. The topological polar surface area (TPSA) is 93.1 Å². The van der Waals surface area contributed by atoms with Crippen LogP contribution in [0.1, 0.15) is 40.3 Å². The lowest BCUT2D eigenvalue weighted by Gasteiger charge is -2.28. The molecule has 8 heteroatoms. The van der Waals surface area contributed by atoms with E-state index in [1.54, 1.807) is 21.9 Å². The summed E-state index contributed by atoms with van der Waals surface area (Å²) in [6.07, 6.45) is -0.0892. The van der Waals surface area contributed by atoms with E-state index in [4.69, 9.17) is 0 Å². The van der Waals surface area contributed by atoms with Gasteiger partial charge >= 0.3 is 6.03 Å². The Morgan fingerprint density at radius 1 is 0.891 bits per heavy atom. The summed E-state index contributed by atoms with van der Waals surface area (Å²) in [7, 11) is 0. The maximum absolute atomic E-state index is 13.9. The molecule has 0 bridgehead atoms. The summed E-state index contributed by atoms with van der Waals surface area (Å²) < 4.78 is 13.9. The zero-order valence-electron chi connectivity index (χ0n) is 25.7. The number of aliphatic hydroxyl groups is 2. The number of benzene rings is 4. The lowest BCUT2D eigenvalue weighted by Crippen LogP contribution is -2.44. The third kappa shape index (κ3) is 7.46. The Balaban J connectivity index is 1.19. The number of nitrogens with one attached hydrogen (secondary N) is 1. The smallest absolute Gasteiger partial charge is 0.320 e. The Bertz CT molecular complexity index is 1640. The quantitative estimate of drug-likeness (QED) is 0.206. The van der Waals surface area contributed by atoms with Crippen molar-refractivity contribution in [3.05, 3.63) is 143 Å². The number of hydrogen-bond donors (Lipinski definition) is 3. The Labute approximate surface area is 269 Å². The summed E-state index contributed by atoms with van der Waals surface area (Å²) in [5, 5.41) is 25.4. The van der Waals surface area contributed by atoms with Crippen molar-refractivity contribution >= 4 is 11.9 Å². The standard InChI is InChI=1S/C38H40FN3O4/c39-31-16-9-14-28(19-31)23-41-24-32(20-27-12-5-2-6-13-27)42(38(41)46)25-33(43)21-30(18-26-10-3-1-4-11-26)37(45)40-36-34-17-8-7-15-29(34)22-35(36)44/h1-17,19,30,32-33,35-36,43-44H,18,20-25H2,(H,40,45)/t30-,32-,33-,35+,36-/m0/s1. The summed E-state index contributed by atoms with van der Waals surface area (Å²) in [5.41, 5.74) is 4.66. The third-order valence-electron chi connectivity index (χ3n) is 9.13. The summed E-state index contributed by atoms with van der Waals surface area (Å²) in [6, 6.07) is 32.6. The molecule has 0 unspecified atom stereocenters. The number of halogens is 1. The molecule has 1 fully saturated rings. The molecule has 0 spiro atoms. The van der Waals surface area contributed by atoms with Gasteiger partial charge in [-0.25, -0.2) is 9.18 Å². The molecule has 46 heavy (non-hydrogen) atoms. The third-order valence-corrected chi connectivity index (χ3v) is 9.13. The second-order valence-electron chi connectivity index (χ2n) is 12.5. The SMILES string of the molecule is O=C(N[C@H]1c2ccccc2C[C@H]1O)[C@@H](Cc1ccccc1)C[C@H](O)CN1C(=O)N(Cc2cccc(F)c2)C[C@@H]1Cc1ccccc1. The van der Waals surface area contributed by atoms with Crippen molar-refractivity contribution in [2.75, 3.05) is 13.1 Å². The van der Waals surface area contributed by atoms with Gasteiger partial charge in [0.2, 0.25) is 5.91 Å². The molecule has 4 aromatic carbocycles. The molecule has 2 aliphatic rings. The number of rotatable bonds is 12. The van der Waals surface area contributed by atoms with Crippen molar-refractivity contribution in [1.82, 2.24) is 15.1 Å². The monoisotopic (exact) mass is 621 g/mol. The summed E-state index contributed by atoms with van der Waals surface area (Å²) >= 11 is 0. The van der Waals surface area contributed by atoms with Crippen molar-refractivity contribution in [3.63, 3.8) is 0 Å². The summed E-state index contributed by atoms with van der Waals surface area (Å²) in [4.78, 5) is 31.0. The first-order valence-electron chi connectivity index (χ1n) is 16.0. The number of β-amino-alcohol motifs (C(OH)–C–C–N with tert-alkyl or cyclic N) is 1. The van der Waals surface area contributed by atoms with Crippen LogP contribution >= 0.6 is 0 Å². The average Bonchev–Trinajstić information content (AvgIpc) is 3.52. The Kier molecular flexibility index (Phi) is 9.76. The number of nitrogens with zero attached hydrogens (tertiary/aromatic N) is 2. The zero-order valence-corrected chi connectivity index (χ0v) is 25.7. The van der Waals surface area contributed by atoms with Gasteiger partial charge in [0, 0.05) is 32.0 Å². The number of hydrogen-bond acceptors (Lipinski definition) is 4. The molecular weight excluding hydrogens is 581 g/mol. The summed E-state index contributed by atoms with van der Waals surface area (Å²) in [6.45, 7) is 0.756. The van der Waals surface area contributed by atoms with E-state index >= 15 is 0 Å². The predicted molar refractivity (Wildman–Crippen MR) is 174 cm³/mol. The van der Waals surface area contributed by atoms with Crippen LogP contribution in [0.15, 0.2) is 109 Å². The Morgan fingerprint density at radius 3 is 2.30 bits per heavy atom. The first-order chi connectivity index (χ1) is 22.3. The first-order valence-corrected chi connectivity index (χ1v) is 16.0. The molecule has 4 aromatic rings. The number of urea groups is 1. The van der Waals surface area contributed by atoms with Gasteiger partial charge in [-0.05, 0) is 59.2 Å². The van der Waals surface area contributed by atoms with Gasteiger partial charge in [0.15, 0.2) is 0 Å². The maximum Gasteiger partial charge on any atom is 0.320 e. The van der Waals surface area contributed by atoms with Gasteiger partial charge in [0.05, 0.1) is 24.3 Å². The van der Waals surface area contributed by atoms with E-state index in [0.717, 1.165) is 22.3 Å². The van der Waals surface area contributed by atoms with Crippen LogP contribution in [-0.4, -0.2) is 63.3 Å². The van der Waals surface area contributed by atoms with Crippen molar-refractivity contribution in [1.29, 1.82) is 0 Å². The number of aliphatic hydroxyl groups excluding tert-OH is 2. The van der Waals surface area contributed by atoms with E-state index in [2.05, 4.69) is 5.32 Å². The molecular formula is C38H40FN3O4. The fraction of sp³-hybridized carbons (Fsp3) is 0.316. The van der Waals surface area contributed by atoms with Crippen LogP contribution in [0.2, 0.25) is 0 Å². The number of amides is 3. The van der Waals surface area contributed by atoms with E-state index in [1.807, 2.05) is 84.9 Å². The molecule has 1 aliphatic heterocycles. The van der Waals surface area contributed by atoms with Crippen molar-refractivity contribution in [2.24, 2.45) is 5.92 Å². The molecule has 3 N–H and O–H groups in total. The van der Waals surface area contributed by atoms with Gasteiger partial charge < -0.3 is 25.3 Å². The minimum Gasteiger partial charge on any atom is -0.391 e. The molecule has 238 valence electrons. The largest absolute Gasteiger partial charge is 0.391 e. The van der Waals surface area contributed by atoms with E-state index < -0.39 is 24.2 Å². The summed E-state index contributed by atoms with van der Waals surface area (Å²) in [5.74, 6) is -1.19. The van der Waals surface area contributed by atoms with Crippen LogP contribution < -0.4 is 5.32 Å². The van der Waals surface area contributed by atoms with Gasteiger partial charge in [-0.3, -0.25) is 4.79 Å². The van der Waals surface area contributed by atoms with Crippen molar-refractivity contribution in [2.45, 2.75) is 56.5 Å². The van der Waals surface area contributed by atoms with Crippen molar-refractivity contribution in [3.8, 4) is 0 Å². The number of fused-ring (bicyclic) bond motifs is 1. The van der Waals surface area contributed by atoms with Gasteiger partial charge in [-0.2, -0.15) is 0 Å².